The molecule has 8 bridgehead atoms. The van der Waals surface area contributed by atoms with Crippen LogP contribution in [0.5, 0.6) is 0 Å². The number of esters is 2. The summed E-state index contributed by atoms with van der Waals surface area (Å²) in [5.74, 6) is -2.84. The van der Waals surface area contributed by atoms with Gasteiger partial charge in [0.2, 0.25) is 0 Å². The van der Waals surface area contributed by atoms with E-state index in [1.807, 2.05) is 39.0 Å². The van der Waals surface area contributed by atoms with Crippen molar-refractivity contribution in [2.24, 2.45) is 0 Å². The second kappa shape index (κ2) is 11.6. The Labute approximate surface area is 267 Å². The third-order valence-corrected chi connectivity index (χ3v) is 10.3. The van der Waals surface area contributed by atoms with Gasteiger partial charge in [-0.3, -0.25) is 29.1 Å². The zero-order chi connectivity index (χ0) is 33.2. The molecule has 0 unspecified atom stereocenters. The fraction of sp³-hybridized carbons (Fsp3) is 0.444. The number of hydrogen-bond donors (Lipinski definition) is 2. The Morgan fingerprint density at radius 2 is 1.48 bits per heavy atom. The number of ether oxygens (including phenoxy) is 2. The summed E-state index contributed by atoms with van der Waals surface area (Å²) in [6.45, 7) is 11.7. The Morgan fingerprint density at radius 3 is 2.13 bits per heavy atom. The predicted molar refractivity (Wildman–Crippen MR) is 173 cm³/mol. The second-order valence-electron chi connectivity index (χ2n) is 12.8. The molecule has 6 rings (SSSR count). The minimum Gasteiger partial charge on any atom is -0.469 e. The molecule has 0 amide bonds. The summed E-state index contributed by atoms with van der Waals surface area (Å²) in [7, 11) is 2.63. The van der Waals surface area contributed by atoms with E-state index in [-0.39, 0.29) is 47.6 Å². The van der Waals surface area contributed by atoms with Crippen molar-refractivity contribution in [1.29, 1.82) is 0 Å². The van der Waals surface area contributed by atoms with E-state index >= 15 is 0 Å². The number of rotatable bonds is 6. The van der Waals surface area contributed by atoms with Crippen molar-refractivity contribution in [3.05, 3.63) is 68.8 Å². The highest BCUT2D eigenvalue weighted by Crippen LogP contribution is 2.48. The first-order chi connectivity index (χ1) is 21.9. The van der Waals surface area contributed by atoms with Crippen LogP contribution in [0.15, 0.2) is 18.2 Å². The number of fused-ring (bicyclic) bond motifs is 8. The second-order valence-corrected chi connectivity index (χ2v) is 12.8. The van der Waals surface area contributed by atoms with Crippen molar-refractivity contribution in [2.45, 2.75) is 90.4 Å². The van der Waals surface area contributed by atoms with Crippen LogP contribution in [-0.2, 0) is 19.1 Å². The number of aromatic amines is 2. The molecule has 3 aliphatic rings. The van der Waals surface area contributed by atoms with Gasteiger partial charge in [0.15, 0.2) is 11.6 Å². The van der Waals surface area contributed by atoms with Gasteiger partial charge in [0.1, 0.15) is 5.92 Å². The zero-order valence-electron chi connectivity index (χ0n) is 27.6. The number of methoxy groups -OCH3 is 2. The topological polar surface area (TPSA) is 144 Å². The minimum absolute atomic E-state index is 0.0565. The molecule has 3 aromatic rings. The first kappa shape index (κ1) is 31.4. The van der Waals surface area contributed by atoms with Crippen LogP contribution in [0, 0.1) is 13.8 Å². The van der Waals surface area contributed by atoms with Crippen LogP contribution in [0.4, 0.5) is 0 Å². The molecule has 5 atom stereocenters. The van der Waals surface area contributed by atoms with E-state index in [0.29, 0.717) is 45.5 Å². The van der Waals surface area contributed by atoms with Gasteiger partial charge in [0.25, 0.3) is 0 Å². The third kappa shape index (κ3) is 4.77. The average Bonchev–Trinajstić information content (AvgIpc) is 3.76. The number of ketones is 2. The monoisotopic (exact) mass is 624 g/mol. The van der Waals surface area contributed by atoms with Gasteiger partial charge in [-0.05, 0) is 62.9 Å². The largest absolute Gasteiger partial charge is 0.469 e. The fourth-order valence-corrected chi connectivity index (χ4v) is 7.71. The Balaban J connectivity index is 1.79. The van der Waals surface area contributed by atoms with Crippen molar-refractivity contribution in [3.8, 4) is 0 Å². The third-order valence-electron chi connectivity index (χ3n) is 10.3. The van der Waals surface area contributed by atoms with Gasteiger partial charge in [-0.15, -0.1) is 0 Å². The summed E-state index contributed by atoms with van der Waals surface area (Å²) < 4.78 is 10.1. The van der Waals surface area contributed by atoms with Crippen LogP contribution >= 0.6 is 0 Å². The lowest BCUT2D eigenvalue weighted by Gasteiger charge is -2.18. The molecule has 2 N–H and O–H groups in total. The van der Waals surface area contributed by atoms with Crippen LogP contribution in [-0.4, -0.2) is 57.7 Å². The highest BCUT2D eigenvalue weighted by Gasteiger charge is 2.45. The van der Waals surface area contributed by atoms with Gasteiger partial charge < -0.3 is 19.4 Å². The van der Waals surface area contributed by atoms with Crippen molar-refractivity contribution < 1.29 is 28.7 Å². The highest BCUT2D eigenvalue weighted by atomic mass is 16.5. The molecular weight excluding hydrogens is 584 g/mol. The van der Waals surface area contributed by atoms with Gasteiger partial charge in [-0.25, -0.2) is 0 Å². The molecule has 0 fully saturated rings. The van der Waals surface area contributed by atoms with Crippen LogP contribution in [0.25, 0.3) is 22.1 Å². The van der Waals surface area contributed by atoms with E-state index in [4.69, 9.17) is 19.4 Å². The van der Waals surface area contributed by atoms with Gasteiger partial charge in [-0.1, -0.05) is 20.8 Å². The fourth-order valence-electron chi connectivity index (χ4n) is 7.71. The number of carbonyl (C=O) groups is 4. The number of aryl methyl sites for hydroxylation is 2. The highest BCUT2D eigenvalue weighted by molar-refractivity contribution is 6.23. The molecule has 1 aliphatic carbocycles. The van der Waals surface area contributed by atoms with E-state index in [9.17, 15) is 19.2 Å². The van der Waals surface area contributed by atoms with Crippen LogP contribution < -0.4 is 0 Å². The van der Waals surface area contributed by atoms with Gasteiger partial charge in [-0.2, -0.15) is 0 Å². The molecule has 0 aromatic carbocycles. The SMILES string of the molecule is CC[C@H]1c2cc3[nH]c4c(c3C)C(=O)[C@H](C(=O)OC)c4c3nc(cc4[nH]c(cc(n2)[C@@H]1C)c(C(C)=O)c4C)[C@@H](C)[C@@H]3CCC(=O)OC. The van der Waals surface area contributed by atoms with E-state index in [0.717, 1.165) is 40.0 Å². The normalized spacial score (nSPS) is 21.8. The molecule has 0 saturated heterocycles. The average molecular weight is 625 g/mol. The van der Waals surface area contributed by atoms with E-state index < -0.39 is 11.9 Å². The molecule has 10 heteroatoms. The summed E-state index contributed by atoms with van der Waals surface area (Å²) in [4.78, 5) is 69.8. The first-order valence-corrected chi connectivity index (χ1v) is 15.9. The molecule has 3 aromatic heterocycles. The maximum atomic E-state index is 14.1. The van der Waals surface area contributed by atoms with Crippen molar-refractivity contribution in [3.63, 3.8) is 0 Å². The lowest BCUT2D eigenvalue weighted by atomic mass is 9.84. The van der Waals surface area contributed by atoms with E-state index in [1.165, 1.54) is 14.2 Å². The maximum absolute atomic E-state index is 14.1. The Kier molecular flexibility index (Phi) is 7.94. The van der Waals surface area contributed by atoms with Crippen LogP contribution in [0.3, 0.4) is 0 Å². The molecule has 0 radical (unpaired) electrons. The van der Waals surface area contributed by atoms with Crippen molar-refractivity contribution in [1.82, 2.24) is 19.9 Å². The predicted octanol–water partition coefficient (Wildman–Crippen LogP) is 6.72. The Bertz CT molecular complexity index is 1990. The number of aromatic nitrogens is 4. The molecule has 2 aliphatic heterocycles. The number of nitrogens with one attached hydrogen (secondary N) is 2. The lowest BCUT2D eigenvalue weighted by Crippen LogP contribution is -2.21. The van der Waals surface area contributed by atoms with Gasteiger partial charge in [0, 0.05) is 74.9 Å². The number of H-pyrrole nitrogens is 2. The number of nitrogens with zero attached hydrogens (tertiary/aromatic N) is 2. The molecule has 10 nitrogen and oxygen atoms in total. The Hall–Kier alpha value is -4.60. The van der Waals surface area contributed by atoms with Crippen LogP contribution in [0.2, 0.25) is 0 Å². The number of Topliss-reactive ketones (excluding diaryl/α,β-unsaturated/α-hetero) is 2. The molecule has 0 spiro atoms. The standard InChI is InChI=1S/C36H40N4O6/c1-9-20-15(2)22-14-27-29(19(6)41)17(4)24(38-27)12-23-16(3)21(10-11-28(42)45-7)33(39-23)31-32(36(44)46-8)35(43)30-18(5)25(40-34(30)31)13-26(20)37-22/h12-16,20-21,32,38,40H,9-11H2,1-8H3/t15-,16+,20-,21+,32-/m1/s1. The van der Waals surface area contributed by atoms with Gasteiger partial charge >= 0.3 is 11.9 Å². The summed E-state index contributed by atoms with van der Waals surface area (Å²) in [5.41, 5.74) is 8.84. The molecule has 46 heavy (non-hydrogen) atoms. The van der Waals surface area contributed by atoms with Gasteiger partial charge in [0.05, 0.1) is 30.9 Å². The molecule has 5 heterocycles. The van der Waals surface area contributed by atoms with Crippen molar-refractivity contribution in [2.75, 3.05) is 14.2 Å². The lowest BCUT2D eigenvalue weighted by molar-refractivity contribution is -0.142. The van der Waals surface area contributed by atoms with Crippen LogP contribution in [0.1, 0.15) is 137 Å². The smallest absolute Gasteiger partial charge is 0.321 e. The summed E-state index contributed by atoms with van der Waals surface area (Å²) in [5, 5.41) is 0. The Morgan fingerprint density at radius 1 is 0.848 bits per heavy atom. The molecule has 240 valence electrons. The number of hydrogen-bond acceptors (Lipinski definition) is 8. The maximum Gasteiger partial charge on any atom is 0.321 e. The minimum atomic E-state index is -1.19. The quantitative estimate of drug-likeness (QED) is 0.175. The van der Waals surface area contributed by atoms with E-state index in [2.05, 4.69) is 23.8 Å². The van der Waals surface area contributed by atoms with Crippen molar-refractivity contribution >= 4 is 45.6 Å². The zero-order valence-corrected chi connectivity index (χ0v) is 27.6. The summed E-state index contributed by atoms with van der Waals surface area (Å²) in [6, 6.07) is 5.92. The molecule has 0 saturated carbocycles. The van der Waals surface area contributed by atoms with E-state index in [1.54, 1.807) is 6.92 Å². The molecular formula is C36H40N4O6. The summed E-state index contributed by atoms with van der Waals surface area (Å²) >= 11 is 0. The first-order valence-electron chi connectivity index (χ1n) is 15.9. The summed E-state index contributed by atoms with van der Waals surface area (Å²) in [6.07, 6.45) is 1.39. The number of carbonyl (C=O) groups excluding carboxylic acids is 4.